The summed E-state index contributed by atoms with van der Waals surface area (Å²) in [7, 11) is 1.59. The number of carbonyl (C=O) groups excluding carboxylic acids is 1. The van der Waals surface area contributed by atoms with E-state index in [1.54, 1.807) is 31.5 Å². The molecular formula is C15H11Br3N2O2. The van der Waals surface area contributed by atoms with Crippen LogP contribution in [0.15, 0.2) is 54.9 Å². The second-order valence-electron chi connectivity index (χ2n) is 4.23. The summed E-state index contributed by atoms with van der Waals surface area (Å²) < 4.78 is 7.66. The summed E-state index contributed by atoms with van der Waals surface area (Å²) in [5.41, 5.74) is 3.84. The number of benzene rings is 2. The zero-order valence-electron chi connectivity index (χ0n) is 11.4. The van der Waals surface area contributed by atoms with Crippen molar-refractivity contribution in [1.82, 2.24) is 5.43 Å². The average Bonchev–Trinajstić information content (AvgIpc) is 2.47. The van der Waals surface area contributed by atoms with Crippen molar-refractivity contribution in [3.05, 3.63) is 60.9 Å². The molecule has 0 saturated heterocycles. The van der Waals surface area contributed by atoms with Crippen molar-refractivity contribution in [2.75, 3.05) is 7.11 Å². The Morgan fingerprint density at radius 3 is 2.45 bits per heavy atom. The maximum Gasteiger partial charge on any atom is 0.271 e. The first kappa shape index (κ1) is 17.2. The smallest absolute Gasteiger partial charge is 0.271 e. The predicted molar refractivity (Wildman–Crippen MR) is 97.6 cm³/mol. The molecule has 7 heteroatoms. The molecule has 1 N–H and O–H groups in total. The molecule has 2 aromatic carbocycles. The molecule has 114 valence electrons. The normalized spacial score (nSPS) is 10.7. The van der Waals surface area contributed by atoms with Gasteiger partial charge in [0.1, 0.15) is 5.75 Å². The third kappa shape index (κ3) is 4.41. The molecule has 0 aliphatic heterocycles. The highest BCUT2D eigenvalue weighted by Crippen LogP contribution is 2.33. The molecule has 0 radical (unpaired) electrons. The summed E-state index contributed by atoms with van der Waals surface area (Å²) >= 11 is 10.2. The highest BCUT2D eigenvalue weighted by molar-refractivity contribution is 9.11. The molecule has 0 aromatic heterocycles. The molecule has 22 heavy (non-hydrogen) atoms. The average molecular weight is 491 g/mol. The number of nitrogens with one attached hydrogen (secondary N) is 1. The van der Waals surface area contributed by atoms with Gasteiger partial charge in [0, 0.05) is 10.0 Å². The van der Waals surface area contributed by atoms with E-state index < -0.39 is 0 Å². The van der Waals surface area contributed by atoms with Gasteiger partial charge in [-0.3, -0.25) is 4.79 Å². The third-order valence-electron chi connectivity index (χ3n) is 2.69. The van der Waals surface area contributed by atoms with Crippen LogP contribution in [0.2, 0.25) is 0 Å². The number of carbonyl (C=O) groups is 1. The Balaban J connectivity index is 2.08. The summed E-state index contributed by atoms with van der Waals surface area (Å²) in [6, 6.07) is 10.8. The van der Waals surface area contributed by atoms with Gasteiger partial charge in [0.2, 0.25) is 0 Å². The van der Waals surface area contributed by atoms with Crippen LogP contribution in [0, 0.1) is 0 Å². The van der Waals surface area contributed by atoms with E-state index in [4.69, 9.17) is 4.74 Å². The summed E-state index contributed by atoms with van der Waals surface area (Å²) in [5.74, 6) is 0.430. The van der Waals surface area contributed by atoms with Crippen LogP contribution in [-0.4, -0.2) is 19.2 Å². The van der Waals surface area contributed by atoms with Gasteiger partial charge in [-0.1, -0.05) is 22.0 Å². The standard InChI is InChI=1S/C15H11Br3N2O2/c1-22-14-12(17)5-9(6-13(14)18)8-19-20-15(21)10-3-2-4-11(16)7-10/h2-8H,1H3,(H,20,21)/b19-8+. The van der Waals surface area contributed by atoms with Gasteiger partial charge in [-0.05, 0) is 67.8 Å². The van der Waals surface area contributed by atoms with Gasteiger partial charge >= 0.3 is 0 Å². The van der Waals surface area contributed by atoms with Crippen molar-refractivity contribution in [2.45, 2.75) is 0 Å². The zero-order chi connectivity index (χ0) is 16.1. The van der Waals surface area contributed by atoms with Crippen LogP contribution in [0.3, 0.4) is 0 Å². The molecule has 0 fully saturated rings. The third-order valence-corrected chi connectivity index (χ3v) is 4.36. The lowest BCUT2D eigenvalue weighted by atomic mass is 10.2. The first-order chi connectivity index (χ1) is 10.5. The van der Waals surface area contributed by atoms with Gasteiger partial charge in [0.25, 0.3) is 5.91 Å². The maximum absolute atomic E-state index is 11.9. The van der Waals surface area contributed by atoms with E-state index in [-0.39, 0.29) is 5.91 Å². The Labute approximate surface area is 153 Å². The van der Waals surface area contributed by atoms with Crippen LogP contribution in [0.4, 0.5) is 0 Å². The maximum atomic E-state index is 11.9. The minimum atomic E-state index is -0.274. The van der Waals surface area contributed by atoms with E-state index in [1.807, 2.05) is 18.2 Å². The Morgan fingerprint density at radius 1 is 1.18 bits per heavy atom. The topological polar surface area (TPSA) is 50.7 Å². The molecule has 0 saturated carbocycles. The fourth-order valence-electron chi connectivity index (χ4n) is 1.71. The fraction of sp³-hybridized carbons (Fsp3) is 0.0667. The minimum Gasteiger partial charge on any atom is -0.494 e. The van der Waals surface area contributed by atoms with Crippen LogP contribution >= 0.6 is 47.8 Å². The monoisotopic (exact) mass is 488 g/mol. The summed E-state index contributed by atoms with van der Waals surface area (Å²) in [5, 5.41) is 3.96. The van der Waals surface area contributed by atoms with Gasteiger partial charge in [-0.15, -0.1) is 0 Å². The van der Waals surface area contributed by atoms with Gasteiger partial charge < -0.3 is 4.74 Å². The molecule has 4 nitrogen and oxygen atoms in total. The quantitative estimate of drug-likeness (QED) is 0.497. The van der Waals surface area contributed by atoms with Crippen LogP contribution in [0.25, 0.3) is 0 Å². The second-order valence-corrected chi connectivity index (χ2v) is 6.85. The van der Waals surface area contributed by atoms with Crippen molar-refractivity contribution in [2.24, 2.45) is 5.10 Å². The zero-order valence-corrected chi connectivity index (χ0v) is 16.2. The first-order valence-electron chi connectivity index (χ1n) is 6.13. The largest absolute Gasteiger partial charge is 0.494 e. The lowest BCUT2D eigenvalue weighted by molar-refractivity contribution is 0.0955. The van der Waals surface area contributed by atoms with Gasteiger partial charge in [-0.25, -0.2) is 5.43 Å². The van der Waals surface area contributed by atoms with Crippen molar-refractivity contribution in [3.8, 4) is 5.75 Å². The number of nitrogens with zero attached hydrogens (tertiary/aromatic N) is 1. The highest BCUT2D eigenvalue weighted by atomic mass is 79.9. The molecule has 0 spiro atoms. The van der Waals surface area contributed by atoms with E-state index in [0.717, 1.165) is 19.0 Å². The van der Waals surface area contributed by atoms with E-state index in [1.165, 1.54) is 0 Å². The summed E-state index contributed by atoms with van der Waals surface area (Å²) in [6.07, 6.45) is 1.56. The molecule has 0 aliphatic rings. The Hall–Kier alpha value is -1.18. The van der Waals surface area contributed by atoms with Crippen LogP contribution in [0.5, 0.6) is 5.75 Å². The van der Waals surface area contributed by atoms with Crippen LogP contribution in [0.1, 0.15) is 15.9 Å². The highest BCUT2D eigenvalue weighted by Gasteiger charge is 2.07. The Bertz CT molecular complexity index is 709. The Kier molecular flexibility index (Phi) is 6.16. The van der Waals surface area contributed by atoms with Gasteiger partial charge in [0.15, 0.2) is 0 Å². The van der Waals surface area contributed by atoms with Crippen molar-refractivity contribution >= 4 is 59.9 Å². The summed E-state index contributed by atoms with van der Waals surface area (Å²) in [4.78, 5) is 11.9. The van der Waals surface area contributed by atoms with Crippen LogP contribution in [-0.2, 0) is 0 Å². The number of hydrazone groups is 1. The molecule has 0 atom stereocenters. The van der Waals surface area contributed by atoms with E-state index >= 15 is 0 Å². The first-order valence-corrected chi connectivity index (χ1v) is 8.51. The number of ether oxygens (including phenoxy) is 1. The number of methoxy groups -OCH3 is 1. The Morgan fingerprint density at radius 2 is 1.86 bits per heavy atom. The molecule has 0 bridgehead atoms. The van der Waals surface area contributed by atoms with Crippen molar-refractivity contribution in [1.29, 1.82) is 0 Å². The SMILES string of the molecule is COc1c(Br)cc(/C=N/NC(=O)c2cccc(Br)c2)cc1Br. The van der Waals surface area contributed by atoms with Crippen LogP contribution < -0.4 is 10.2 Å². The van der Waals surface area contributed by atoms with E-state index in [2.05, 4.69) is 58.3 Å². The number of amides is 1. The molecule has 0 unspecified atom stereocenters. The molecule has 1 amide bonds. The van der Waals surface area contributed by atoms with Crippen molar-refractivity contribution < 1.29 is 9.53 Å². The van der Waals surface area contributed by atoms with Gasteiger partial charge in [0.05, 0.1) is 22.3 Å². The van der Waals surface area contributed by atoms with E-state index in [9.17, 15) is 4.79 Å². The summed E-state index contributed by atoms with van der Waals surface area (Å²) in [6.45, 7) is 0. The number of rotatable bonds is 4. The molecule has 0 heterocycles. The minimum absolute atomic E-state index is 0.274. The van der Waals surface area contributed by atoms with E-state index in [0.29, 0.717) is 11.3 Å². The van der Waals surface area contributed by atoms with Gasteiger partial charge in [-0.2, -0.15) is 5.10 Å². The number of hydrogen-bond acceptors (Lipinski definition) is 3. The number of hydrogen-bond donors (Lipinski definition) is 1. The van der Waals surface area contributed by atoms with Crippen molar-refractivity contribution in [3.63, 3.8) is 0 Å². The molecule has 2 rings (SSSR count). The fourth-order valence-corrected chi connectivity index (χ4v) is 3.65. The molecular weight excluding hydrogens is 480 g/mol. The molecule has 0 aliphatic carbocycles. The molecule has 2 aromatic rings. The lowest BCUT2D eigenvalue weighted by Gasteiger charge is -2.06. The predicted octanol–water partition coefficient (Wildman–Crippen LogP) is 4.75. The lowest BCUT2D eigenvalue weighted by Crippen LogP contribution is -2.17. The second kappa shape index (κ2) is 7.89. The number of halogens is 3.